The molecule has 0 radical (unpaired) electrons. The maximum atomic E-state index is 11.1. The molecule has 0 aliphatic carbocycles. The lowest BCUT2D eigenvalue weighted by molar-refractivity contribution is -0.131. The molecule has 1 saturated heterocycles. The van der Waals surface area contributed by atoms with Crippen LogP contribution in [0.1, 0.15) is 26.7 Å². The molecule has 66 valence electrons. The standard InChI is InChI=1S/C10H15NO/c1-3-5-9-7-11(8-9)10(12)6-4-2/h9H,3,5,7-8H2,1-2H3. The van der Waals surface area contributed by atoms with E-state index >= 15 is 0 Å². The predicted molar refractivity (Wildman–Crippen MR) is 48.4 cm³/mol. The van der Waals surface area contributed by atoms with Crippen molar-refractivity contribution in [3.63, 3.8) is 0 Å². The summed E-state index contributed by atoms with van der Waals surface area (Å²) in [4.78, 5) is 12.9. The highest BCUT2D eigenvalue weighted by atomic mass is 16.2. The van der Waals surface area contributed by atoms with Gasteiger partial charge in [-0.15, -0.1) is 0 Å². The molecule has 2 heteroatoms. The topological polar surface area (TPSA) is 20.3 Å². The Kier molecular flexibility index (Phi) is 3.16. The van der Waals surface area contributed by atoms with E-state index in [1.165, 1.54) is 12.8 Å². The third kappa shape index (κ3) is 2.01. The highest BCUT2D eigenvalue weighted by Gasteiger charge is 2.28. The highest BCUT2D eigenvalue weighted by Crippen LogP contribution is 2.19. The number of hydrogen-bond acceptors (Lipinski definition) is 1. The van der Waals surface area contributed by atoms with E-state index in [0.29, 0.717) is 0 Å². The molecule has 0 aromatic rings. The largest absolute Gasteiger partial charge is 0.331 e. The zero-order chi connectivity index (χ0) is 8.97. The van der Waals surface area contributed by atoms with Crippen LogP contribution in [-0.4, -0.2) is 23.9 Å². The van der Waals surface area contributed by atoms with Crippen molar-refractivity contribution >= 4 is 5.91 Å². The Morgan fingerprint density at radius 1 is 1.58 bits per heavy atom. The second-order valence-corrected chi connectivity index (χ2v) is 3.24. The quantitative estimate of drug-likeness (QED) is 0.564. The van der Waals surface area contributed by atoms with Crippen LogP contribution in [0.25, 0.3) is 0 Å². The minimum Gasteiger partial charge on any atom is -0.331 e. The van der Waals surface area contributed by atoms with Gasteiger partial charge in [-0.25, -0.2) is 0 Å². The fourth-order valence-electron chi connectivity index (χ4n) is 1.51. The summed E-state index contributed by atoms with van der Waals surface area (Å²) < 4.78 is 0. The average Bonchev–Trinajstić information content (AvgIpc) is 1.96. The van der Waals surface area contributed by atoms with Crippen LogP contribution in [0.4, 0.5) is 0 Å². The monoisotopic (exact) mass is 165 g/mol. The Balaban J connectivity index is 2.23. The van der Waals surface area contributed by atoms with Crippen molar-refractivity contribution in [1.82, 2.24) is 4.90 Å². The Hall–Kier alpha value is -0.970. The smallest absolute Gasteiger partial charge is 0.298 e. The zero-order valence-electron chi connectivity index (χ0n) is 7.76. The summed E-state index contributed by atoms with van der Waals surface area (Å²) in [5.41, 5.74) is 0. The van der Waals surface area contributed by atoms with Crippen molar-refractivity contribution in [1.29, 1.82) is 0 Å². The summed E-state index contributed by atoms with van der Waals surface area (Å²) in [5, 5.41) is 0. The molecule has 0 unspecified atom stereocenters. The van der Waals surface area contributed by atoms with E-state index in [1.807, 2.05) is 4.90 Å². The normalized spacial score (nSPS) is 16.3. The average molecular weight is 165 g/mol. The second kappa shape index (κ2) is 4.15. The van der Waals surface area contributed by atoms with Crippen molar-refractivity contribution in [3.8, 4) is 11.8 Å². The lowest BCUT2D eigenvalue weighted by Gasteiger charge is -2.37. The number of nitrogens with zero attached hydrogens (tertiary/aromatic N) is 1. The molecule has 0 atom stereocenters. The zero-order valence-corrected chi connectivity index (χ0v) is 7.76. The van der Waals surface area contributed by atoms with E-state index in [9.17, 15) is 4.79 Å². The Labute approximate surface area is 73.9 Å². The number of amides is 1. The maximum absolute atomic E-state index is 11.1. The van der Waals surface area contributed by atoms with Crippen LogP contribution in [0.2, 0.25) is 0 Å². The molecule has 1 aliphatic rings. The van der Waals surface area contributed by atoms with E-state index in [0.717, 1.165) is 19.0 Å². The Morgan fingerprint density at radius 2 is 2.25 bits per heavy atom. The minimum atomic E-state index is -0.00940. The SMILES string of the molecule is CC#CC(=O)N1CC(CCC)C1. The number of rotatable bonds is 2. The van der Waals surface area contributed by atoms with Crippen LogP contribution in [-0.2, 0) is 4.79 Å². The van der Waals surface area contributed by atoms with E-state index < -0.39 is 0 Å². The van der Waals surface area contributed by atoms with Crippen molar-refractivity contribution in [2.75, 3.05) is 13.1 Å². The first-order valence-electron chi connectivity index (χ1n) is 4.49. The number of likely N-dealkylation sites (tertiary alicyclic amines) is 1. The van der Waals surface area contributed by atoms with E-state index in [2.05, 4.69) is 18.8 Å². The molecular weight excluding hydrogens is 150 g/mol. The number of carbonyl (C=O) groups is 1. The van der Waals surface area contributed by atoms with Gasteiger partial charge in [-0.1, -0.05) is 19.3 Å². The molecule has 0 aromatic heterocycles. The van der Waals surface area contributed by atoms with Gasteiger partial charge >= 0.3 is 0 Å². The lowest BCUT2D eigenvalue weighted by Crippen LogP contribution is -2.49. The molecule has 1 rings (SSSR count). The first kappa shape index (κ1) is 9.12. The van der Waals surface area contributed by atoms with Gasteiger partial charge in [-0.3, -0.25) is 4.79 Å². The van der Waals surface area contributed by atoms with Gasteiger partial charge in [0.15, 0.2) is 0 Å². The first-order chi connectivity index (χ1) is 5.77. The van der Waals surface area contributed by atoms with E-state index in [4.69, 9.17) is 0 Å². The van der Waals surface area contributed by atoms with Crippen LogP contribution in [0, 0.1) is 17.8 Å². The van der Waals surface area contributed by atoms with Gasteiger partial charge in [0.1, 0.15) is 0 Å². The molecule has 0 saturated carbocycles. The van der Waals surface area contributed by atoms with Crippen molar-refractivity contribution < 1.29 is 4.79 Å². The van der Waals surface area contributed by atoms with Gasteiger partial charge in [0.2, 0.25) is 0 Å². The molecule has 0 aromatic carbocycles. The summed E-state index contributed by atoms with van der Waals surface area (Å²) in [6.07, 6.45) is 2.45. The summed E-state index contributed by atoms with van der Waals surface area (Å²) in [5.74, 6) is 5.89. The molecule has 1 aliphatic heterocycles. The molecule has 1 amide bonds. The fourth-order valence-corrected chi connectivity index (χ4v) is 1.51. The molecule has 0 spiro atoms. The summed E-state index contributed by atoms with van der Waals surface area (Å²) >= 11 is 0. The lowest BCUT2D eigenvalue weighted by atomic mass is 9.95. The van der Waals surface area contributed by atoms with Gasteiger partial charge < -0.3 is 4.90 Å². The van der Waals surface area contributed by atoms with Crippen LogP contribution < -0.4 is 0 Å². The third-order valence-corrected chi connectivity index (χ3v) is 2.17. The van der Waals surface area contributed by atoms with Gasteiger partial charge in [0.05, 0.1) is 0 Å². The molecule has 0 N–H and O–H groups in total. The second-order valence-electron chi connectivity index (χ2n) is 3.24. The van der Waals surface area contributed by atoms with Crippen molar-refractivity contribution in [2.45, 2.75) is 26.7 Å². The van der Waals surface area contributed by atoms with Crippen LogP contribution in [0.15, 0.2) is 0 Å². The first-order valence-corrected chi connectivity index (χ1v) is 4.49. The van der Waals surface area contributed by atoms with Gasteiger partial charge in [0, 0.05) is 13.1 Å². The summed E-state index contributed by atoms with van der Waals surface area (Å²) in [7, 11) is 0. The van der Waals surface area contributed by atoms with Crippen LogP contribution >= 0.6 is 0 Å². The summed E-state index contributed by atoms with van der Waals surface area (Å²) in [6, 6.07) is 0. The van der Waals surface area contributed by atoms with E-state index in [-0.39, 0.29) is 5.91 Å². The van der Waals surface area contributed by atoms with Gasteiger partial charge in [0.25, 0.3) is 5.91 Å². The third-order valence-electron chi connectivity index (χ3n) is 2.17. The van der Waals surface area contributed by atoms with E-state index in [1.54, 1.807) is 6.92 Å². The van der Waals surface area contributed by atoms with Gasteiger partial charge in [-0.2, -0.15) is 0 Å². The van der Waals surface area contributed by atoms with Crippen LogP contribution in [0.5, 0.6) is 0 Å². The number of carbonyl (C=O) groups excluding carboxylic acids is 1. The Morgan fingerprint density at radius 3 is 2.75 bits per heavy atom. The fraction of sp³-hybridized carbons (Fsp3) is 0.700. The minimum absolute atomic E-state index is 0.00940. The van der Waals surface area contributed by atoms with Gasteiger partial charge in [-0.05, 0) is 25.2 Å². The molecule has 1 fully saturated rings. The van der Waals surface area contributed by atoms with Crippen LogP contribution in [0.3, 0.4) is 0 Å². The summed E-state index contributed by atoms with van der Waals surface area (Å²) in [6.45, 7) is 5.71. The van der Waals surface area contributed by atoms with Crippen molar-refractivity contribution in [2.24, 2.45) is 5.92 Å². The number of hydrogen-bond donors (Lipinski definition) is 0. The Bertz CT molecular complexity index is 218. The molecule has 2 nitrogen and oxygen atoms in total. The predicted octanol–water partition coefficient (Wildman–Crippen LogP) is 1.27. The highest BCUT2D eigenvalue weighted by molar-refractivity contribution is 5.93. The van der Waals surface area contributed by atoms with Crippen molar-refractivity contribution in [3.05, 3.63) is 0 Å². The molecular formula is C10H15NO. The molecule has 12 heavy (non-hydrogen) atoms. The molecule has 1 heterocycles. The maximum Gasteiger partial charge on any atom is 0.298 e. The molecule has 0 bridgehead atoms.